The van der Waals surface area contributed by atoms with Crippen LogP contribution < -0.4 is 10.2 Å². The van der Waals surface area contributed by atoms with Gasteiger partial charge in [-0.1, -0.05) is 18.2 Å². The number of benzene rings is 2. The smallest absolute Gasteiger partial charge is 0.410 e. The molecule has 3 fully saturated rings. The third-order valence-electron chi connectivity index (χ3n) is 9.07. The van der Waals surface area contributed by atoms with Crippen LogP contribution in [0.2, 0.25) is 0 Å². The number of imide groups is 1. The molecule has 10 nitrogen and oxygen atoms in total. The number of carbonyl (C=O) groups is 4. The predicted octanol–water partition coefficient (Wildman–Crippen LogP) is 3.34. The minimum absolute atomic E-state index is 0.163. The summed E-state index contributed by atoms with van der Waals surface area (Å²) < 4.78 is 5.52. The summed E-state index contributed by atoms with van der Waals surface area (Å²) in [6.07, 6.45) is 2.45. The molecule has 10 heteroatoms. The van der Waals surface area contributed by atoms with Crippen LogP contribution in [0.25, 0.3) is 10.8 Å². The molecule has 2 aromatic rings. The topological polar surface area (TPSA) is 102 Å². The van der Waals surface area contributed by atoms with Crippen LogP contribution in [0, 0.1) is 0 Å². The molecule has 42 heavy (non-hydrogen) atoms. The average molecular weight is 576 g/mol. The molecular weight excluding hydrogens is 534 g/mol. The van der Waals surface area contributed by atoms with Crippen molar-refractivity contribution < 1.29 is 23.9 Å². The van der Waals surface area contributed by atoms with Crippen LogP contribution in [0.5, 0.6) is 0 Å². The lowest BCUT2D eigenvalue weighted by Gasteiger charge is -2.37. The molecule has 0 aromatic heterocycles. The molecule has 4 heterocycles. The molecule has 4 aliphatic rings. The van der Waals surface area contributed by atoms with E-state index < -0.39 is 17.6 Å². The van der Waals surface area contributed by atoms with E-state index in [1.54, 1.807) is 4.90 Å². The van der Waals surface area contributed by atoms with E-state index in [-0.39, 0.29) is 24.3 Å². The Morgan fingerprint density at radius 1 is 0.905 bits per heavy atom. The summed E-state index contributed by atoms with van der Waals surface area (Å²) in [5.74, 6) is -0.443. The van der Waals surface area contributed by atoms with Crippen molar-refractivity contribution in [3.8, 4) is 0 Å². The first kappa shape index (κ1) is 28.6. The number of carbonyl (C=O) groups excluding carboxylic acids is 4. The van der Waals surface area contributed by atoms with Crippen LogP contribution in [0.4, 0.5) is 10.5 Å². The number of nitrogens with one attached hydrogen (secondary N) is 1. The number of likely N-dealkylation sites (tertiary alicyclic amines) is 1. The van der Waals surface area contributed by atoms with E-state index in [0.717, 1.165) is 68.6 Å². The molecule has 1 N–H and O–H groups in total. The molecule has 0 aliphatic carbocycles. The lowest BCUT2D eigenvalue weighted by Crippen LogP contribution is -2.53. The van der Waals surface area contributed by atoms with Gasteiger partial charge in [-0.15, -0.1) is 0 Å². The summed E-state index contributed by atoms with van der Waals surface area (Å²) in [5.41, 5.74) is 2.21. The lowest BCUT2D eigenvalue weighted by molar-refractivity contribution is -0.134. The molecule has 3 saturated heterocycles. The Hall–Kier alpha value is -3.50. The molecule has 2 aromatic carbocycles. The number of ether oxygens (including phenoxy) is 1. The number of rotatable bonds is 5. The number of nitrogens with zero attached hydrogens (tertiary/aromatic N) is 4. The van der Waals surface area contributed by atoms with Crippen LogP contribution in [-0.4, -0.2) is 103 Å². The van der Waals surface area contributed by atoms with E-state index in [9.17, 15) is 19.2 Å². The highest BCUT2D eigenvalue weighted by Gasteiger charge is 2.41. The van der Waals surface area contributed by atoms with Gasteiger partial charge in [0.15, 0.2) is 0 Å². The minimum atomic E-state index is -0.667. The Kier molecular flexibility index (Phi) is 7.70. The number of hydrogen-bond acceptors (Lipinski definition) is 7. The van der Waals surface area contributed by atoms with Gasteiger partial charge in [-0.25, -0.2) is 4.79 Å². The zero-order chi connectivity index (χ0) is 29.6. The van der Waals surface area contributed by atoms with Gasteiger partial charge in [0.2, 0.25) is 11.8 Å². The Labute approximate surface area is 246 Å². The molecular formula is C32H41N5O5. The maximum atomic E-state index is 13.5. The van der Waals surface area contributed by atoms with Crippen molar-refractivity contribution in [2.24, 2.45) is 0 Å². The minimum Gasteiger partial charge on any atom is -0.444 e. The summed E-state index contributed by atoms with van der Waals surface area (Å²) in [4.78, 5) is 58.5. The summed E-state index contributed by atoms with van der Waals surface area (Å²) in [6.45, 7) is 12.9. The first-order valence-corrected chi connectivity index (χ1v) is 15.2. The lowest BCUT2D eigenvalue weighted by atomic mass is 9.85. The fourth-order valence-electron chi connectivity index (χ4n) is 6.85. The Bertz CT molecular complexity index is 1400. The van der Waals surface area contributed by atoms with Crippen LogP contribution >= 0.6 is 0 Å². The molecule has 4 aliphatic heterocycles. The largest absolute Gasteiger partial charge is 0.444 e. The first-order chi connectivity index (χ1) is 20.1. The number of piperazine rings is 1. The molecule has 1 unspecified atom stereocenters. The highest BCUT2D eigenvalue weighted by atomic mass is 16.6. The zero-order valence-corrected chi connectivity index (χ0v) is 24.9. The Balaban J connectivity index is 1.06. The normalized spacial score (nSPS) is 22.6. The zero-order valence-electron chi connectivity index (χ0n) is 24.9. The number of amides is 4. The summed E-state index contributed by atoms with van der Waals surface area (Å²) >= 11 is 0. The second-order valence-electron chi connectivity index (χ2n) is 13.0. The van der Waals surface area contributed by atoms with Crippen molar-refractivity contribution >= 4 is 40.3 Å². The van der Waals surface area contributed by atoms with Gasteiger partial charge in [0.05, 0.1) is 5.69 Å². The highest BCUT2D eigenvalue weighted by Crippen LogP contribution is 2.43. The standard InChI is InChI=1S/C32H41N5O5/c1-32(2,3)42-31(41)36-19-17-35(18-20-36)16-15-34-13-11-21(12-14-34)22-7-8-24-28-23(22)5-4-6-25(28)37(30(24)40)26-9-10-27(38)33-29(26)39/h4-8,21,26H,9-20H2,1-3H3,(H,33,38,39). The summed E-state index contributed by atoms with van der Waals surface area (Å²) in [5, 5.41) is 4.42. The molecule has 0 spiro atoms. The number of anilines is 1. The molecule has 0 radical (unpaired) electrons. The second-order valence-corrected chi connectivity index (χ2v) is 13.0. The highest BCUT2D eigenvalue weighted by molar-refractivity contribution is 6.27. The van der Waals surface area contributed by atoms with Gasteiger partial charge in [-0.05, 0) is 82.1 Å². The van der Waals surface area contributed by atoms with Crippen LogP contribution in [0.15, 0.2) is 30.3 Å². The molecule has 224 valence electrons. The maximum Gasteiger partial charge on any atom is 0.410 e. The van der Waals surface area contributed by atoms with Gasteiger partial charge in [-0.2, -0.15) is 0 Å². The van der Waals surface area contributed by atoms with E-state index >= 15 is 0 Å². The quantitative estimate of drug-likeness (QED) is 0.546. The van der Waals surface area contributed by atoms with Gasteiger partial charge in [-0.3, -0.25) is 29.5 Å². The summed E-state index contributed by atoms with van der Waals surface area (Å²) in [6, 6.07) is 9.36. The molecule has 6 rings (SSSR count). The van der Waals surface area contributed by atoms with E-state index in [2.05, 4.69) is 27.2 Å². The third kappa shape index (κ3) is 5.62. The van der Waals surface area contributed by atoms with Gasteiger partial charge in [0, 0.05) is 56.6 Å². The Morgan fingerprint density at radius 2 is 1.60 bits per heavy atom. The van der Waals surface area contributed by atoms with Crippen molar-refractivity contribution in [1.82, 2.24) is 20.0 Å². The van der Waals surface area contributed by atoms with E-state index in [1.807, 2.05) is 43.9 Å². The van der Waals surface area contributed by atoms with Crippen LogP contribution in [0.3, 0.4) is 0 Å². The van der Waals surface area contributed by atoms with Gasteiger partial charge < -0.3 is 14.5 Å². The van der Waals surface area contributed by atoms with Crippen molar-refractivity contribution in [2.45, 2.75) is 64.0 Å². The average Bonchev–Trinajstić information content (AvgIpc) is 3.24. The SMILES string of the molecule is CC(C)(C)OC(=O)N1CCN(CCN2CCC(c3ccc4c5c(cccc35)N(C3CCC(=O)NC3=O)C4=O)CC2)CC1. The third-order valence-corrected chi connectivity index (χ3v) is 9.07. The fraction of sp³-hybridized carbons (Fsp3) is 0.562. The van der Waals surface area contributed by atoms with Crippen molar-refractivity contribution in [1.29, 1.82) is 0 Å². The number of hydrogen-bond donors (Lipinski definition) is 1. The number of piperidine rings is 2. The summed E-state index contributed by atoms with van der Waals surface area (Å²) in [7, 11) is 0. The van der Waals surface area contributed by atoms with Crippen molar-refractivity contribution in [3.63, 3.8) is 0 Å². The van der Waals surface area contributed by atoms with Crippen LogP contribution in [-0.2, 0) is 14.3 Å². The molecule has 4 amide bonds. The monoisotopic (exact) mass is 575 g/mol. The fourth-order valence-corrected chi connectivity index (χ4v) is 6.85. The van der Waals surface area contributed by atoms with Crippen molar-refractivity contribution in [2.75, 3.05) is 57.3 Å². The van der Waals surface area contributed by atoms with Gasteiger partial charge in [0.1, 0.15) is 11.6 Å². The van der Waals surface area contributed by atoms with E-state index in [4.69, 9.17) is 4.74 Å². The first-order valence-electron chi connectivity index (χ1n) is 15.2. The van der Waals surface area contributed by atoms with E-state index in [1.165, 1.54) is 5.56 Å². The van der Waals surface area contributed by atoms with Gasteiger partial charge >= 0.3 is 6.09 Å². The molecule has 0 bridgehead atoms. The van der Waals surface area contributed by atoms with E-state index in [0.29, 0.717) is 31.0 Å². The van der Waals surface area contributed by atoms with Crippen molar-refractivity contribution in [3.05, 3.63) is 41.5 Å². The van der Waals surface area contributed by atoms with Gasteiger partial charge in [0.25, 0.3) is 5.91 Å². The molecule has 0 saturated carbocycles. The van der Waals surface area contributed by atoms with Crippen LogP contribution in [0.1, 0.15) is 68.3 Å². The Morgan fingerprint density at radius 3 is 2.26 bits per heavy atom. The predicted molar refractivity (Wildman–Crippen MR) is 160 cm³/mol. The molecule has 1 atom stereocenters. The maximum absolute atomic E-state index is 13.5. The second kappa shape index (κ2) is 11.3.